The molecule has 7 heteroatoms. The molecule has 1 N–H and O–H groups in total. The van der Waals surface area contributed by atoms with E-state index in [1.165, 1.54) is 6.26 Å². The molecule has 4 aromatic rings. The van der Waals surface area contributed by atoms with Gasteiger partial charge in [0, 0.05) is 10.7 Å². The van der Waals surface area contributed by atoms with Crippen molar-refractivity contribution in [1.82, 2.24) is 9.55 Å². The SMILES string of the molecule is Cc1nc2ccc(NC(=O)c3ccco3)cc2c(=O)n1Cc1ccc(Cl)cc1. The van der Waals surface area contributed by atoms with Gasteiger partial charge in [-0.05, 0) is 55.0 Å². The van der Waals surface area contributed by atoms with Crippen molar-refractivity contribution in [2.75, 3.05) is 5.32 Å². The third-order valence-corrected chi connectivity index (χ3v) is 4.65. The molecule has 0 radical (unpaired) electrons. The van der Waals surface area contributed by atoms with E-state index in [4.69, 9.17) is 16.0 Å². The normalized spacial score (nSPS) is 10.9. The fourth-order valence-corrected chi connectivity index (χ4v) is 3.09. The predicted molar refractivity (Wildman–Crippen MR) is 108 cm³/mol. The molecule has 2 heterocycles. The van der Waals surface area contributed by atoms with Gasteiger partial charge < -0.3 is 9.73 Å². The van der Waals surface area contributed by atoms with Crippen molar-refractivity contribution in [3.05, 3.63) is 93.4 Å². The number of rotatable bonds is 4. The van der Waals surface area contributed by atoms with Crippen molar-refractivity contribution in [3.63, 3.8) is 0 Å². The van der Waals surface area contributed by atoms with Gasteiger partial charge in [-0.2, -0.15) is 0 Å². The maximum Gasteiger partial charge on any atom is 0.291 e. The molecule has 0 fully saturated rings. The lowest BCUT2D eigenvalue weighted by atomic mass is 10.2. The van der Waals surface area contributed by atoms with E-state index in [0.29, 0.717) is 34.0 Å². The van der Waals surface area contributed by atoms with Gasteiger partial charge in [0.15, 0.2) is 5.76 Å². The average molecular weight is 394 g/mol. The van der Waals surface area contributed by atoms with Crippen molar-refractivity contribution < 1.29 is 9.21 Å². The highest BCUT2D eigenvalue weighted by atomic mass is 35.5. The van der Waals surface area contributed by atoms with Gasteiger partial charge in [0.25, 0.3) is 11.5 Å². The van der Waals surface area contributed by atoms with Crippen LogP contribution in [0.15, 0.2) is 70.1 Å². The number of aromatic nitrogens is 2. The van der Waals surface area contributed by atoms with E-state index in [1.807, 2.05) is 12.1 Å². The summed E-state index contributed by atoms with van der Waals surface area (Å²) in [5, 5.41) is 3.80. The number of amides is 1. The van der Waals surface area contributed by atoms with Crippen molar-refractivity contribution in [2.45, 2.75) is 13.5 Å². The first-order chi connectivity index (χ1) is 13.5. The monoisotopic (exact) mass is 393 g/mol. The quantitative estimate of drug-likeness (QED) is 0.562. The van der Waals surface area contributed by atoms with Crippen LogP contribution in [-0.4, -0.2) is 15.5 Å². The Morgan fingerprint density at radius 2 is 1.96 bits per heavy atom. The van der Waals surface area contributed by atoms with Gasteiger partial charge in [0.2, 0.25) is 0 Å². The summed E-state index contributed by atoms with van der Waals surface area (Å²) in [5.41, 5.74) is 1.84. The summed E-state index contributed by atoms with van der Waals surface area (Å²) in [6.07, 6.45) is 1.43. The van der Waals surface area contributed by atoms with Gasteiger partial charge in [-0.3, -0.25) is 14.2 Å². The van der Waals surface area contributed by atoms with E-state index in [-0.39, 0.29) is 17.2 Å². The minimum absolute atomic E-state index is 0.174. The van der Waals surface area contributed by atoms with E-state index >= 15 is 0 Å². The molecular weight excluding hydrogens is 378 g/mol. The third kappa shape index (κ3) is 3.54. The molecule has 2 aromatic heterocycles. The molecule has 0 aliphatic rings. The molecule has 0 atom stereocenters. The summed E-state index contributed by atoms with van der Waals surface area (Å²) < 4.78 is 6.69. The van der Waals surface area contributed by atoms with Crippen LogP contribution in [0.25, 0.3) is 10.9 Å². The largest absolute Gasteiger partial charge is 0.459 e. The lowest BCUT2D eigenvalue weighted by molar-refractivity contribution is 0.0996. The Bertz CT molecular complexity index is 1210. The highest BCUT2D eigenvalue weighted by molar-refractivity contribution is 6.30. The van der Waals surface area contributed by atoms with Crippen LogP contribution in [-0.2, 0) is 6.54 Å². The molecule has 0 bridgehead atoms. The molecule has 0 spiro atoms. The zero-order valence-corrected chi connectivity index (χ0v) is 15.7. The lowest BCUT2D eigenvalue weighted by Gasteiger charge is -2.12. The fourth-order valence-electron chi connectivity index (χ4n) is 2.97. The highest BCUT2D eigenvalue weighted by Crippen LogP contribution is 2.17. The molecule has 0 aliphatic carbocycles. The standard InChI is InChI=1S/C21H16ClN3O3/c1-13-23-18-9-8-16(24-20(26)19-3-2-10-28-19)11-17(18)21(27)25(13)12-14-4-6-15(22)7-5-14/h2-11H,12H2,1H3,(H,24,26). The van der Waals surface area contributed by atoms with E-state index in [9.17, 15) is 9.59 Å². The van der Waals surface area contributed by atoms with Crippen molar-refractivity contribution in [1.29, 1.82) is 0 Å². The topological polar surface area (TPSA) is 77.1 Å². The van der Waals surface area contributed by atoms with Gasteiger partial charge in [-0.15, -0.1) is 0 Å². The molecule has 0 aliphatic heterocycles. The van der Waals surface area contributed by atoms with E-state index in [2.05, 4.69) is 10.3 Å². The van der Waals surface area contributed by atoms with Gasteiger partial charge in [-0.25, -0.2) is 4.98 Å². The Morgan fingerprint density at radius 1 is 1.18 bits per heavy atom. The Morgan fingerprint density at radius 3 is 2.68 bits per heavy atom. The van der Waals surface area contributed by atoms with Crippen molar-refractivity contribution in [3.8, 4) is 0 Å². The van der Waals surface area contributed by atoms with Crippen LogP contribution in [0.1, 0.15) is 21.9 Å². The van der Waals surface area contributed by atoms with Crippen molar-refractivity contribution >= 4 is 34.1 Å². The minimum Gasteiger partial charge on any atom is -0.459 e. The first-order valence-electron chi connectivity index (χ1n) is 8.62. The fraction of sp³-hybridized carbons (Fsp3) is 0.0952. The number of hydrogen-bond donors (Lipinski definition) is 1. The van der Waals surface area contributed by atoms with E-state index in [1.54, 1.807) is 54.0 Å². The minimum atomic E-state index is -0.383. The number of aryl methyl sites for hydroxylation is 1. The molecular formula is C21H16ClN3O3. The van der Waals surface area contributed by atoms with E-state index in [0.717, 1.165) is 5.56 Å². The summed E-state index contributed by atoms with van der Waals surface area (Å²) in [6.45, 7) is 2.18. The molecule has 6 nitrogen and oxygen atoms in total. The average Bonchev–Trinajstić information content (AvgIpc) is 3.22. The van der Waals surface area contributed by atoms with Crippen LogP contribution >= 0.6 is 11.6 Å². The van der Waals surface area contributed by atoms with Crippen LogP contribution in [0.2, 0.25) is 5.02 Å². The number of carbonyl (C=O) groups is 1. The first-order valence-corrected chi connectivity index (χ1v) is 8.99. The summed E-state index contributed by atoms with van der Waals surface area (Å²) in [7, 11) is 0. The number of furan rings is 1. The number of nitrogens with zero attached hydrogens (tertiary/aromatic N) is 2. The van der Waals surface area contributed by atoms with Crippen molar-refractivity contribution in [2.24, 2.45) is 0 Å². The Balaban J connectivity index is 1.70. The summed E-state index contributed by atoms with van der Waals surface area (Å²) in [6, 6.07) is 15.6. The molecule has 2 aromatic carbocycles. The summed E-state index contributed by atoms with van der Waals surface area (Å²) >= 11 is 5.93. The Kier molecular flexibility index (Phi) is 4.71. The molecule has 140 valence electrons. The first kappa shape index (κ1) is 18.0. The number of anilines is 1. The molecule has 0 saturated carbocycles. The molecule has 28 heavy (non-hydrogen) atoms. The van der Waals surface area contributed by atoms with Gasteiger partial charge in [0.1, 0.15) is 5.82 Å². The van der Waals surface area contributed by atoms with E-state index < -0.39 is 0 Å². The van der Waals surface area contributed by atoms with Gasteiger partial charge in [0.05, 0.1) is 23.7 Å². The predicted octanol–water partition coefficient (Wildman–Crippen LogP) is 4.25. The maximum atomic E-state index is 13.1. The van der Waals surface area contributed by atoms with Crippen LogP contribution in [0.5, 0.6) is 0 Å². The second-order valence-corrected chi connectivity index (χ2v) is 6.78. The number of nitrogens with one attached hydrogen (secondary N) is 1. The maximum absolute atomic E-state index is 13.1. The van der Waals surface area contributed by atoms with Crippen LogP contribution < -0.4 is 10.9 Å². The number of benzene rings is 2. The molecule has 1 amide bonds. The Labute approximate surface area is 165 Å². The Hall–Kier alpha value is -3.38. The lowest BCUT2D eigenvalue weighted by Crippen LogP contribution is -2.24. The van der Waals surface area contributed by atoms with Crippen LogP contribution in [0.4, 0.5) is 5.69 Å². The third-order valence-electron chi connectivity index (χ3n) is 4.40. The zero-order chi connectivity index (χ0) is 19.7. The molecule has 0 unspecified atom stereocenters. The number of hydrogen-bond acceptors (Lipinski definition) is 4. The summed E-state index contributed by atoms with van der Waals surface area (Å²) in [5.74, 6) is 0.424. The number of fused-ring (bicyclic) bond motifs is 1. The highest BCUT2D eigenvalue weighted by Gasteiger charge is 2.12. The summed E-state index contributed by atoms with van der Waals surface area (Å²) in [4.78, 5) is 29.8. The van der Waals surface area contributed by atoms with Crippen LogP contribution in [0, 0.1) is 6.92 Å². The van der Waals surface area contributed by atoms with Gasteiger partial charge >= 0.3 is 0 Å². The second-order valence-electron chi connectivity index (χ2n) is 6.34. The zero-order valence-electron chi connectivity index (χ0n) is 15.0. The molecule has 0 saturated heterocycles. The smallest absolute Gasteiger partial charge is 0.291 e. The molecule has 4 rings (SSSR count). The van der Waals surface area contributed by atoms with Crippen LogP contribution in [0.3, 0.4) is 0 Å². The number of halogens is 1. The number of carbonyl (C=O) groups excluding carboxylic acids is 1. The second kappa shape index (κ2) is 7.32. The van der Waals surface area contributed by atoms with Gasteiger partial charge in [-0.1, -0.05) is 23.7 Å².